The molecule has 6 nitrogen and oxygen atoms in total. The Balaban J connectivity index is 3.53. The average Bonchev–Trinajstić information content (AvgIpc) is 3.25. The van der Waals surface area contributed by atoms with Gasteiger partial charge >= 0.3 is 5.97 Å². The van der Waals surface area contributed by atoms with Crippen molar-refractivity contribution in [3.63, 3.8) is 0 Å². The van der Waals surface area contributed by atoms with Gasteiger partial charge in [-0.05, 0) is 57.8 Å². The molecule has 6 heteroatoms. The summed E-state index contributed by atoms with van der Waals surface area (Å²) < 4.78 is 5.46. The summed E-state index contributed by atoms with van der Waals surface area (Å²) in [6.07, 6.45) is 58.9. The number of hydrogen-bond acceptors (Lipinski definition) is 5. The summed E-state index contributed by atoms with van der Waals surface area (Å²) in [7, 11) is 0. The summed E-state index contributed by atoms with van der Waals surface area (Å²) in [4.78, 5) is 24.4. The molecule has 3 N–H and O–H groups in total. The zero-order valence-corrected chi connectivity index (χ0v) is 40.2. The van der Waals surface area contributed by atoms with Crippen LogP contribution in [0.4, 0.5) is 0 Å². The molecule has 0 aliphatic carbocycles. The first kappa shape index (κ1) is 58.3. The highest BCUT2D eigenvalue weighted by Crippen LogP contribution is 2.16. The van der Waals surface area contributed by atoms with Crippen LogP contribution < -0.4 is 5.32 Å². The van der Waals surface area contributed by atoms with E-state index in [1.165, 1.54) is 186 Å². The second kappa shape index (κ2) is 50.0. The van der Waals surface area contributed by atoms with Crippen LogP contribution in [0.5, 0.6) is 0 Å². The van der Waals surface area contributed by atoms with Gasteiger partial charge in [0.05, 0.1) is 25.4 Å². The van der Waals surface area contributed by atoms with Crippen molar-refractivity contribution < 1.29 is 24.5 Å². The standard InChI is InChI=1S/C54H103NO5/c1-3-5-7-9-11-13-15-17-19-20-22-26-30-34-38-42-46-52(57)51(50-56)55-53(58)47-43-39-35-31-27-23-21-25-29-33-37-41-45-49-60-54(59)48-44-40-36-32-28-24-18-16-14-12-10-8-6-4-2/h23,27,42,46,51-52,56-57H,3-22,24-26,28-41,43-45,47-50H2,1-2H3,(H,55,58)/b27-23-,46-42+. The Hall–Kier alpha value is -1.66. The Morgan fingerprint density at radius 2 is 0.783 bits per heavy atom. The summed E-state index contributed by atoms with van der Waals surface area (Å²) in [6.45, 7) is 4.87. The highest BCUT2D eigenvalue weighted by Gasteiger charge is 2.18. The predicted molar refractivity (Wildman–Crippen MR) is 260 cm³/mol. The summed E-state index contributed by atoms with van der Waals surface area (Å²) in [6, 6.07) is -0.647. The fraction of sp³-hybridized carbons (Fsp3) is 0.889. The molecule has 1 amide bonds. The minimum atomic E-state index is -0.861. The molecule has 60 heavy (non-hydrogen) atoms. The van der Waals surface area contributed by atoms with Crippen LogP contribution >= 0.6 is 0 Å². The zero-order valence-electron chi connectivity index (χ0n) is 40.2. The molecular formula is C54H103NO5. The minimum Gasteiger partial charge on any atom is -0.466 e. The highest BCUT2D eigenvalue weighted by molar-refractivity contribution is 5.76. The molecule has 0 aromatic heterocycles. The highest BCUT2D eigenvalue weighted by atomic mass is 16.5. The van der Waals surface area contributed by atoms with E-state index in [4.69, 9.17) is 4.74 Å². The van der Waals surface area contributed by atoms with Gasteiger partial charge in [-0.1, -0.05) is 237 Å². The first-order chi connectivity index (χ1) is 29.5. The molecule has 0 aliphatic heterocycles. The van der Waals surface area contributed by atoms with Gasteiger partial charge in [-0.15, -0.1) is 0 Å². The van der Waals surface area contributed by atoms with Crippen LogP contribution in [0.1, 0.15) is 284 Å². The lowest BCUT2D eigenvalue weighted by molar-refractivity contribution is -0.143. The van der Waals surface area contributed by atoms with E-state index in [-0.39, 0.29) is 18.5 Å². The Labute approximate surface area is 373 Å². The number of hydrogen-bond donors (Lipinski definition) is 3. The molecule has 0 saturated heterocycles. The number of unbranched alkanes of at least 4 members (excludes halogenated alkanes) is 36. The lowest BCUT2D eigenvalue weighted by Crippen LogP contribution is -2.45. The minimum absolute atomic E-state index is 0.0119. The Morgan fingerprint density at radius 3 is 1.20 bits per heavy atom. The van der Waals surface area contributed by atoms with E-state index in [0.717, 1.165) is 70.6 Å². The number of nitrogens with one attached hydrogen (secondary N) is 1. The normalized spacial score (nSPS) is 12.8. The van der Waals surface area contributed by atoms with Gasteiger partial charge in [0.2, 0.25) is 5.91 Å². The molecule has 0 rings (SSSR count). The smallest absolute Gasteiger partial charge is 0.305 e. The average molecular weight is 846 g/mol. The van der Waals surface area contributed by atoms with Gasteiger partial charge in [0, 0.05) is 12.8 Å². The van der Waals surface area contributed by atoms with Crippen molar-refractivity contribution in [2.75, 3.05) is 13.2 Å². The van der Waals surface area contributed by atoms with Crippen molar-refractivity contribution in [2.24, 2.45) is 0 Å². The van der Waals surface area contributed by atoms with E-state index >= 15 is 0 Å². The molecule has 0 aromatic carbocycles. The summed E-state index contributed by atoms with van der Waals surface area (Å²) in [5.74, 6) is -0.109. The van der Waals surface area contributed by atoms with Gasteiger partial charge in [0.25, 0.3) is 0 Å². The fourth-order valence-electron chi connectivity index (χ4n) is 8.10. The van der Waals surface area contributed by atoms with Crippen LogP contribution in [-0.4, -0.2) is 47.4 Å². The van der Waals surface area contributed by atoms with E-state index in [9.17, 15) is 19.8 Å². The maximum absolute atomic E-state index is 12.4. The topological polar surface area (TPSA) is 95.9 Å². The number of esters is 1. The van der Waals surface area contributed by atoms with E-state index in [1.54, 1.807) is 6.08 Å². The van der Waals surface area contributed by atoms with Crippen LogP contribution in [0.15, 0.2) is 24.3 Å². The van der Waals surface area contributed by atoms with Crippen molar-refractivity contribution in [3.8, 4) is 0 Å². The number of aliphatic hydroxyl groups is 2. The third-order valence-corrected chi connectivity index (χ3v) is 12.2. The third kappa shape index (κ3) is 45.9. The van der Waals surface area contributed by atoms with Crippen LogP contribution in [-0.2, 0) is 14.3 Å². The van der Waals surface area contributed by atoms with Crippen LogP contribution in [0, 0.1) is 0 Å². The van der Waals surface area contributed by atoms with Gasteiger partial charge in [0.1, 0.15) is 0 Å². The van der Waals surface area contributed by atoms with Crippen LogP contribution in [0.2, 0.25) is 0 Å². The molecule has 0 saturated carbocycles. The SMILES string of the molecule is CCCCCCCCCCCCCCCC/C=C/C(O)C(CO)NC(=O)CCCCC/C=C\CCCCCCCCOC(=O)CCCCCCCCCCCCCCCC. The molecule has 354 valence electrons. The maximum atomic E-state index is 12.4. The first-order valence-corrected chi connectivity index (χ1v) is 26.6. The van der Waals surface area contributed by atoms with E-state index in [2.05, 4.69) is 31.3 Å². The predicted octanol–water partition coefficient (Wildman–Crippen LogP) is 15.9. The van der Waals surface area contributed by atoms with Crippen molar-refractivity contribution in [3.05, 3.63) is 24.3 Å². The molecule has 2 unspecified atom stereocenters. The first-order valence-electron chi connectivity index (χ1n) is 26.6. The lowest BCUT2D eigenvalue weighted by Gasteiger charge is -2.19. The number of aliphatic hydroxyl groups excluding tert-OH is 2. The van der Waals surface area contributed by atoms with E-state index in [1.807, 2.05) is 6.08 Å². The number of allylic oxidation sites excluding steroid dienone is 3. The van der Waals surface area contributed by atoms with Crippen LogP contribution in [0.3, 0.4) is 0 Å². The van der Waals surface area contributed by atoms with Gasteiger partial charge < -0.3 is 20.3 Å². The van der Waals surface area contributed by atoms with Crippen molar-refractivity contribution in [1.82, 2.24) is 5.32 Å². The molecule has 2 atom stereocenters. The van der Waals surface area contributed by atoms with Crippen molar-refractivity contribution in [1.29, 1.82) is 0 Å². The lowest BCUT2D eigenvalue weighted by atomic mass is 10.0. The monoisotopic (exact) mass is 846 g/mol. The fourth-order valence-corrected chi connectivity index (χ4v) is 8.10. The largest absolute Gasteiger partial charge is 0.466 e. The molecule has 0 spiro atoms. The van der Waals surface area contributed by atoms with Gasteiger partial charge in [-0.3, -0.25) is 9.59 Å². The second-order valence-corrected chi connectivity index (χ2v) is 18.2. The van der Waals surface area contributed by atoms with Crippen LogP contribution in [0.25, 0.3) is 0 Å². The Bertz CT molecular complexity index is 935. The molecule has 0 aromatic rings. The molecule has 0 fully saturated rings. The van der Waals surface area contributed by atoms with Gasteiger partial charge in [-0.25, -0.2) is 0 Å². The van der Waals surface area contributed by atoms with Gasteiger partial charge in [0.15, 0.2) is 0 Å². The molecule has 0 radical (unpaired) electrons. The summed E-state index contributed by atoms with van der Waals surface area (Å²) in [5, 5.41) is 23.1. The molecular weight excluding hydrogens is 743 g/mol. The number of carbonyl (C=O) groups excluding carboxylic acids is 2. The number of carbonyl (C=O) groups is 2. The number of ether oxygens (including phenoxy) is 1. The Morgan fingerprint density at radius 1 is 0.450 bits per heavy atom. The number of rotatable bonds is 49. The molecule has 0 aliphatic rings. The second-order valence-electron chi connectivity index (χ2n) is 18.2. The summed E-state index contributed by atoms with van der Waals surface area (Å²) in [5.41, 5.74) is 0. The van der Waals surface area contributed by atoms with Crippen molar-refractivity contribution in [2.45, 2.75) is 296 Å². The molecule has 0 bridgehead atoms. The van der Waals surface area contributed by atoms with Gasteiger partial charge in [-0.2, -0.15) is 0 Å². The third-order valence-electron chi connectivity index (χ3n) is 12.2. The van der Waals surface area contributed by atoms with E-state index < -0.39 is 12.1 Å². The van der Waals surface area contributed by atoms with E-state index in [0.29, 0.717) is 19.4 Å². The Kier molecular flexibility index (Phi) is 48.6. The quantitative estimate of drug-likeness (QED) is 0.0322. The van der Waals surface area contributed by atoms with Crippen molar-refractivity contribution >= 4 is 11.9 Å². The summed E-state index contributed by atoms with van der Waals surface area (Å²) >= 11 is 0. The maximum Gasteiger partial charge on any atom is 0.305 e. The zero-order chi connectivity index (χ0) is 43.7. The molecule has 0 heterocycles. The number of amides is 1.